The number of nitrogens with zero attached hydrogens (tertiary/aromatic N) is 1. The minimum atomic E-state index is -1.21. The summed E-state index contributed by atoms with van der Waals surface area (Å²) in [5, 5.41) is 11.4. The van der Waals surface area contributed by atoms with Gasteiger partial charge in [0.1, 0.15) is 17.7 Å². The van der Waals surface area contributed by atoms with Gasteiger partial charge in [0.15, 0.2) is 0 Å². The maximum atomic E-state index is 13.7. The molecule has 1 heterocycles. The third kappa shape index (κ3) is 2.73. The summed E-state index contributed by atoms with van der Waals surface area (Å²) in [6, 6.07) is 0.262. The van der Waals surface area contributed by atoms with E-state index >= 15 is 0 Å². The van der Waals surface area contributed by atoms with E-state index in [9.17, 15) is 18.4 Å². The first kappa shape index (κ1) is 14.7. The summed E-state index contributed by atoms with van der Waals surface area (Å²) in [5.41, 5.74) is -0.528. The van der Waals surface area contributed by atoms with Crippen LogP contribution >= 0.6 is 11.6 Å². The van der Waals surface area contributed by atoms with Crippen LogP contribution in [0.25, 0.3) is 0 Å². The van der Waals surface area contributed by atoms with Crippen LogP contribution in [0.5, 0.6) is 0 Å². The fraction of sp³-hybridized carbons (Fsp3) is 0.333. The number of carbonyl (C=O) groups excluding carboxylic acids is 1. The van der Waals surface area contributed by atoms with E-state index in [0.717, 1.165) is 4.90 Å². The van der Waals surface area contributed by atoms with Gasteiger partial charge in [-0.15, -0.1) is 0 Å². The van der Waals surface area contributed by atoms with Crippen molar-refractivity contribution in [2.45, 2.75) is 6.04 Å². The van der Waals surface area contributed by atoms with E-state index < -0.39 is 40.1 Å². The van der Waals surface area contributed by atoms with Crippen LogP contribution < -0.4 is 5.32 Å². The number of amides is 1. The topological polar surface area (TPSA) is 69.6 Å². The van der Waals surface area contributed by atoms with Crippen LogP contribution in [0.3, 0.4) is 0 Å². The van der Waals surface area contributed by atoms with Crippen LogP contribution in [-0.2, 0) is 4.79 Å². The predicted molar refractivity (Wildman–Crippen MR) is 66.7 cm³/mol. The van der Waals surface area contributed by atoms with Crippen molar-refractivity contribution in [3.63, 3.8) is 0 Å². The number of piperazine rings is 1. The summed E-state index contributed by atoms with van der Waals surface area (Å²) in [7, 11) is 0. The van der Waals surface area contributed by atoms with E-state index in [1.165, 1.54) is 0 Å². The molecule has 2 N–H and O–H groups in total. The Morgan fingerprint density at radius 2 is 2.05 bits per heavy atom. The molecule has 0 spiro atoms. The highest BCUT2D eigenvalue weighted by Gasteiger charge is 2.33. The average molecular weight is 305 g/mol. The predicted octanol–water partition coefficient (Wildman–Crippen LogP) is 1.12. The molecule has 1 atom stereocenters. The molecule has 0 aromatic heterocycles. The lowest BCUT2D eigenvalue weighted by Crippen LogP contribution is -2.57. The van der Waals surface area contributed by atoms with Crippen molar-refractivity contribution in [3.8, 4) is 0 Å². The zero-order valence-electron chi connectivity index (χ0n) is 10.2. The number of carboxylic acids is 1. The first-order valence-corrected chi connectivity index (χ1v) is 6.18. The van der Waals surface area contributed by atoms with Gasteiger partial charge in [0.05, 0.1) is 10.6 Å². The lowest BCUT2D eigenvalue weighted by atomic mass is 10.1. The quantitative estimate of drug-likeness (QED) is 0.803. The molecular weight excluding hydrogens is 294 g/mol. The van der Waals surface area contributed by atoms with Crippen molar-refractivity contribution in [1.29, 1.82) is 0 Å². The smallest absolute Gasteiger partial charge is 0.327 e. The number of carbonyl (C=O) groups is 2. The summed E-state index contributed by atoms with van der Waals surface area (Å²) >= 11 is 5.41. The maximum Gasteiger partial charge on any atom is 0.327 e. The first-order chi connectivity index (χ1) is 9.41. The van der Waals surface area contributed by atoms with Crippen LogP contribution in [0.4, 0.5) is 8.78 Å². The Morgan fingerprint density at radius 3 is 2.70 bits per heavy atom. The van der Waals surface area contributed by atoms with Gasteiger partial charge in [0, 0.05) is 19.6 Å². The molecular formula is C12H11ClF2N2O3. The fourth-order valence-electron chi connectivity index (χ4n) is 2.01. The van der Waals surface area contributed by atoms with Crippen LogP contribution in [0.1, 0.15) is 10.4 Å². The van der Waals surface area contributed by atoms with Gasteiger partial charge in [-0.2, -0.15) is 0 Å². The molecule has 8 heteroatoms. The van der Waals surface area contributed by atoms with Gasteiger partial charge in [-0.1, -0.05) is 11.6 Å². The number of hydrogen-bond donors (Lipinski definition) is 2. The maximum absolute atomic E-state index is 13.7. The molecule has 0 saturated carbocycles. The molecule has 0 bridgehead atoms. The molecule has 1 aliphatic rings. The molecule has 1 aromatic carbocycles. The van der Waals surface area contributed by atoms with Gasteiger partial charge in [0.2, 0.25) is 0 Å². The summed E-state index contributed by atoms with van der Waals surface area (Å²) in [6.45, 7) is 0.533. The number of aliphatic carboxylic acids is 1. The molecule has 20 heavy (non-hydrogen) atoms. The second-order valence-corrected chi connectivity index (χ2v) is 4.71. The zero-order chi connectivity index (χ0) is 14.9. The molecule has 2 rings (SSSR count). The standard InChI is InChI=1S/C12H11ClF2N2O3/c13-7-4-8(14)6(3-9(7)15)11(18)17-2-1-16-5-10(17)12(19)20/h3-4,10,16H,1-2,5H2,(H,19,20). The van der Waals surface area contributed by atoms with Gasteiger partial charge < -0.3 is 15.3 Å². The van der Waals surface area contributed by atoms with Gasteiger partial charge in [-0.3, -0.25) is 4.79 Å². The summed E-state index contributed by atoms with van der Waals surface area (Å²) < 4.78 is 27.0. The molecule has 1 saturated heterocycles. The van der Waals surface area contributed by atoms with Crippen molar-refractivity contribution in [3.05, 3.63) is 34.4 Å². The molecule has 1 aliphatic heterocycles. The number of hydrogen-bond acceptors (Lipinski definition) is 3. The number of rotatable bonds is 2. The largest absolute Gasteiger partial charge is 0.480 e. The molecule has 1 amide bonds. The summed E-state index contributed by atoms with van der Waals surface area (Å²) in [4.78, 5) is 24.3. The Morgan fingerprint density at radius 1 is 1.35 bits per heavy atom. The highest BCUT2D eigenvalue weighted by Crippen LogP contribution is 2.21. The van der Waals surface area contributed by atoms with Crippen LogP contribution in [0.2, 0.25) is 5.02 Å². The number of nitrogens with one attached hydrogen (secondary N) is 1. The molecule has 0 aliphatic carbocycles. The van der Waals surface area contributed by atoms with E-state index in [0.29, 0.717) is 18.7 Å². The Labute approximate surface area is 118 Å². The first-order valence-electron chi connectivity index (χ1n) is 5.81. The van der Waals surface area contributed by atoms with Crippen LogP contribution in [0, 0.1) is 11.6 Å². The van der Waals surface area contributed by atoms with Gasteiger partial charge in [-0.25, -0.2) is 13.6 Å². The molecule has 1 unspecified atom stereocenters. The Bertz CT molecular complexity index is 568. The lowest BCUT2D eigenvalue weighted by molar-refractivity contribution is -0.142. The van der Waals surface area contributed by atoms with Crippen molar-refractivity contribution < 1.29 is 23.5 Å². The number of benzene rings is 1. The zero-order valence-corrected chi connectivity index (χ0v) is 11.0. The van der Waals surface area contributed by atoms with Gasteiger partial charge in [0.25, 0.3) is 5.91 Å². The second-order valence-electron chi connectivity index (χ2n) is 4.30. The monoisotopic (exact) mass is 304 g/mol. The Balaban J connectivity index is 2.34. The molecule has 5 nitrogen and oxygen atoms in total. The molecule has 1 aromatic rings. The third-order valence-electron chi connectivity index (χ3n) is 3.03. The van der Waals surface area contributed by atoms with E-state index in [4.69, 9.17) is 16.7 Å². The number of halogens is 3. The van der Waals surface area contributed by atoms with E-state index in [1.54, 1.807) is 0 Å². The van der Waals surface area contributed by atoms with E-state index in [-0.39, 0.29) is 13.1 Å². The van der Waals surface area contributed by atoms with Gasteiger partial charge in [-0.05, 0) is 12.1 Å². The van der Waals surface area contributed by atoms with Crippen LogP contribution in [0.15, 0.2) is 12.1 Å². The Kier molecular flexibility index (Phi) is 4.20. The van der Waals surface area contributed by atoms with Crippen molar-refractivity contribution in [1.82, 2.24) is 10.2 Å². The molecule has 1 fully saturated rings. The number of carboxylic acid groups (broad SMARTS) is 1. The fourth-order valence-corrected chi connectivity index (χ4v) is 2.16. The summed E-state index contributed by atoms with van der Waals surface area (Å²) in [6.07, 6.45) is 0. The average Bonchev–Trinajstić information content (AvgIpc) is 2.42. The van der Waals surface area contributed by atoms with Crippen molar-refractivity contribution in [2.24, 2.45) is 0 Å². The lowest BCUT2D eigenvalue weighted by Gasteiger charge is -2.33. The Hall–Kier alpha value is -1.73. The minimum Gasteiger partial charge on any atom is -0.480 e. The highest BCUT2D eigenvalue weighted by molar-refractivity contribution is 6.30. The third-order valence-corrected chi connectivity index (χ3v) is 3.32. The second kappa shape index (κ2) is 5.72. The minimum absolute atomic E-state index is 0.0543. The normalized spacial score (nSPS) is 18.9. The highest BCUT2D eigenvalue weighted by atomic mass is 35.5. The van der Waals surface area contributed by atoms with Crippen LogP contribution in [-0.4, -0.2) is 47.6 Å². The van der Waals surface area contributed by atoms with E-state index in [2.05, 4.69) is 5.32 Å². The molecule has 0 radical (unpaired) electrons. The summed E-state index contributed by atoms with van der Waals surface area (Å²) in [5.74, 6) is -3.99. The SMILES string of the molecule is O=C(O)C1CNCCN1C(=O)c1cc(F)c(Cl)cc1F. The van der Waals surface area contributed by atoms with Crippen molar-refractivity contribution in [2.75, 3.05) is 19.6 Å². The molecule has 108 valence electrons. The van der Waals surface area contributed by atoms with Crippen molar-refractivity contribution >= 4 is 23.5 Å². The van der Waals surface area contributed by atoms with E-state index in [1.807, 2.05) is 0 Å². The van der Waals surface area contributed by atoms with Gasteiger partial charge >= 0.3 is 5.97 Å².